The van der Waals surface area contributed by atoms with Gasteiger partial charge < -0.3 is 5.32 Å². The highest BCUT2D eigenvalue weighted by Gasteiger charge is 2.13. The molecule has 0 spiro atoms. The van der Waals surface area contributed by atoms with Crippen LogP contribution < -0.4 is 5.32 Å². The summed E-state index contributed by atoms with van der Waals surface area (Å²) in [7, 11) is 0. The molecule has 0 atom stereocenters. The lowest BCUT2D eigenvalue weighted by Gasteiger charge is -2.06. The van der Waals surface area contributed by atoms with Crippen molar-refractivity contribution in [3.63, 3.8) is 0 Å². The number of anilines is 1. The highest BCUT2D eigenvalue weighted by Crippen LogP contribution is 2.27. The van der Waals surface area contributed by atoms with Gasteiger partial charge in [0.2, 0.25) is 0 Å². The summed E-state index contributed by atoms with van der Waals surface area (Å²) in [5, 5.41) is 14.1. The first-order chi connectivity index (χ1) is 8.56. The quantitative estimate of drug-likeness (QED) is 0.496. The number of aryl methyl sites for hydroxylation is 1. The van der Waals surface area contributed by atoms with E-state index in [9.17, 15) is 10.1 Å². The van der Waals surface area contributed by atoms with Crippen molar-refractivity contribution in [3.05, 3.63) is 53.8 Å². The van der Waals surface area contributed by atoms with E-state index in [4.69, 9.17) is 0 Å². The van der Waals surface area contributed by atoms with E-state index >= 15 is 0 Å². The van der Waals surface area contributed by atoms with E-state index in [0.717, 1.165) is 3.57 Å². The van der Waals surface area contributed by atoms with Gasteiger partial charge >= 0.3 is 0 Å². The molecule has 0 saturated heterocycles. The maximum atomic E-state index is 11.0. The third-order valence-corrected chi connectivity index (χ3v) is 4.08. The Bertz CT molecular complexity index is 583. The number of nitrogens with one attached hydrogen (secondary N) is 1. The van der Waals surface area contributed by atoms with Crippen molar-refractivity contribution in [2.75, 3.05) is 5.32 Å². The summed E-state index contributed by atoms with van der Waals surface area (Å²) < 4.78 is 0.858. The summed E-state index contributed by atoms with van der Waals surface area (Å²) in [6, 6.07) is 9.26. The number of nitro groups is 1. The number of thiophene rings is 1. The Morgan fingerprint density at radius 2 is 2.17 bits per heavy atom. The van der Waals surface area contributed by atoms with Crippen molar-refractivity contribution < 1.29 is 4.92 Å². The van der Waals surface area contributed by atoms with Gasteiger partial charge in [-0.1, -0.05) is 0 Å². The monoisotopic (exact) mass is 374 g/mol. The number of hydrogen-bond acceptors (Lipinski definition) is 4. The molecule has 2 aromatic rings. The molecular formula is C12H11IN2O2S. The van der Waals surface area contributed by atoms with Crippen LogP contribution in [0.25, 0.3) is 0 Å². The second-order valence-electron chi connectivity index (χ2n) is 3.78. The molecule has 1 N–H and O–H groups in total. The predicted octanol–water partition coefficient (Wildman–Crippen LogP) is 4.18. The molecule has 1 aromatic heterocycles. The van der Waals surface area contributed by atoms with Gasteiger partial charge in [0, 0.05) is 25.9 Å². The Morgan fingerprint density at radius 3 is 2.78 bits per heavy atom. The van der Waals surface area contributed by atoms with Crippen molar-refractivity contribution in [3.8, 4) is 0 Å². The van der Waals surface area contributed by atoms with Crippen LogP contribution in [0.1, 0.15) is 9.75 Å². The van der Waals surface area contributed by atoms with Crippen LogP contribution >= 0.6 is 33.9 Å². The number of halogens is 1. The van der Waals surface area contributed by atoms with Crippen LogP contribution in [0.3, 0.4) is 0 Å². The molecule has 0 saturated carbocycles. The van der Waals surface area contributed by atoms with Crippen molar-refractivity contribution >= 4 is 45.3 Å². The van der Waals surface area contributed by atoms with E-state index in [1.807, 2.05) is 25.1 Å². The Balaban J connectivity index is 2.16. The summed E-state index contributed by atoms with van der Waals surface area (Å²) in [5.41, 5.74) is 0.682. The lowest BCUT2D eigenvalue weighted by Crippen LogP contribution is -2.01. The lowest BCUT2D eigenvalue weighted by atomic mass is 10.2. The highest BCUT2D eigenvalue weighted by atomic mass is 127. The van der Waals surface area contributed by atoms with Gasteiger partial charge in [-0.15, -0.1) is 11.3 Å². The number of rotatable bonds is 4. The Morgan fingerprint density at radius 1 is 1.39 bits per heavy atom. The van der Waals surface area contributed by atoms with Crippen LogP contribution in [-0.2, 0) is 6.54 Å². The fraction of sp³-hybridized carbons (Fsp3) is 0.167. The number of nitro benzene ring substituents is 1. The van der Waals surface area contributed by atoms with Crippen LogP contribution in [0.2, 0.25) is 0 Å². The third-order valence-electron chi connectivity index (χ3n) is 2.41. The molecule has 0 bridgehead atoms. The zero-order chi connectivity index (χ0) is 13.1. The molecule has 4 nitrogen and oxygen atoms in total. The molecule has 0 fully saturated rings. The molecule has 6 heteroatoms. The highest BCUT2D eigenvalue weighted by molar-refractivity contribution is 14.1. The second kappa shape index (κ2) is 5.66. The van der Waals surface area contributed by atoms with E-state index in [-0.39, 0.29) is 10.6 Å². The standard InChI is InChI=1S/C12H11IN2O2S/c1-8-2-4-10(18-8)7-14-11-5-3-9(13)6-12(11)15(16)17/h2-6,14H,7H2,1H3. The maximum Gasteiger partial charge on any atom is 0.293 e. The Kier molecular flexibility index (Phi) is 4.18. The topological polar surface area (TPSA) is 55.2 Å². The predicted molar refractivity (Wildman–Crippen MR) is 82.2 cm³/mol. The summed E-state index contributed by atoms with van der Waals surface area (Å²) in [5.74, 6) is 0. The third kappa shape index (κ3) is 3.20. The minimum atomic E-state index is -0.357. The second-order valence-corrected chi connectivity index (χ2v) is 6.40. The van der Waals surface area contributed by atoms with Gasteiger partial charge in [-0.2, -0.15) is 0 Å². The van der Waals surface area contributed by atoms with Crippen molar-refractivity contribution in [2.24, 2.45) is 0 Å². The minimum absolute atomic E-state index is 0.121. The van der Waals surface area contributed by atoms with Crippen LogP contribution in [0.15, 0.2) is 30.3 Å². The van der Waals surface area contributed by atoms with Gasteiger partial charge in [0.25, 0.3) is 5.69 Å². The lowest BCUT2D eigenvalue weighted by molar-refractivity contribution is -0.384. The van der Waals surface area contributed by atoms with E-state index in [0.29, 0.717) is 12.2 Å². The van der Waals surface area contributed by atoms with Crippen molar-refractivity contribution in [2.45, 2.75) is 13.5 Å². The first kappa shape index (κ1) is 13.3. The SMILES string of the molecule is Cc1ccc(CNc2ccc(I)cc2[N+](=O)[O-])s1. The summed E-state index contributed by atoms with van der Waals surface area (Å²) in [6.45, 7) is 2.65. The zero-order valence-corrected chi connectivity index (χ0v) is 12.6. The molecule has 18 heavy (non-hydrogen) atoms. The molecule has 1 aromatic carbocycles. The molecular weight excluding hydrogens is 363 g/mol. The van der Waals surface area contributed by atoms with Crippen LogP contribution in [0.4, 0.5) is 11.4 Å². The van der Waals surface area contributed by atoms with E-state index < -0.39 is 0 Å². The van der Waals surface area contributed by atoms with Gasteiger partial charge in [0.1, 0.15) is 5.69 Å². The van der Waals surface area contributed by atoms with Crippen molar-refractivity contribution in [1.82, 2.24) is 0 Å². The summed E-state index contributed by atoms with van der Waals surface area (Å²) in [4.78, 5) is 13.0. The molecule has 2 rings (SSSR count). The van der Waals surface area contributed by atoms with Gasteiger partial charge in [0.05, 0.1) is 4.92 Å². The summed E-state index contributed by atoms with van der Waals surface area (Å²) in [6.07, 6.45) is 0. The van der Waals surface area contributed by atoms with Gasteiger partial charge in [-0.3, -0.25) is 10.1 Å². The van der Waals surface area contributed by atoms with Crippen LogP contribution in [-0.4, -0.2) is 4.92 Å². The smallest absolute Gasteiger partial charge is 0.293 e. The normalized spacial score (nSPS) is 10.3. The average molecular weight is 374 g/mol. The fourth-order valence-electron chi connectivity index (χ4n) is 1.57. The fourth-order valence-corrected chi connectivity index (χ4v) is 2.87. The largest absolute Gasteiger partial charge is 0.375 e. The minimum Gasteiger partial charge on any atom is -0.375 e. The molecule has 0 unspecified atom stereocenters. The zero-order valence-electron chi connectivity index (χ0n) is 9.64. The van der Waals surface area contributed by atoms with Gasteiger partial charge in [-0.05, 0) is 53.8 Å². The van der Waals surface area contributed by atoms with E-state index in [1.54, 1.807) is 23.5 Å². The molecule has 0 radical (unpaired) electrons. The molecule has 0 aliphatic heterocycles. The van der Waals surface area contributed by atoms with Crippen LogP contribution in [0.5, 0.6) is 0 Å². The molecule has 0 aliphatic carbocycles. The van der Waals surface area contributed by atoms with Gasteiger partial charge in [-0.25, -0.2) is 0 Å². The van der Waals surface area contributed by atoms with Crippen LogP contribution in [0, 0.1) is 20.6 Å². The number of benzene rings is 1. The van der Waals surface area contributed by atoms with Gasteiger partial charge in [0.15, 0.2) is 0 Å². The van der Waals surface area contributed by atoms with E-state index in [1.165, 1.54) is 9.75 Å². The number of nitrogens with zero attached hydrogens (tertiary/aromatic N) is 1. The molecule has 94 valence electrons. The van der Waals surface area contributed by atoms with E-state index in [2.05, 4.69) is 27.9 Å². The first-order valence-corrected chi connectivity index (χ1v) is 7.19. The number of hydrogen-bond donors (Lipinski definition) is 1. The molecule has 1 heterocycles. The van der Waals surface area contributed by atoms with Crippen molar-refractivity contribution in [1.29, 1.82) is 0 Å². The molecule has 0 amide bonds. The first-order valence-electron chi connectivity index (χ1n) is 5.29. The average Bonchev–Trinajstić information content (AvgIpc) is 2.73. The maximum absolute atomic E-state index is 11.0. The summed E-state index contributed by atoms with van der Waals surface area (Å²) >= 11 is 3.76. The Hall–Kier alpha value is -1.15. The molecule has 0 aliphatic rings. The Labute approximate surface area is 122 Å².